The molecule has 114 valence electrons. The second-order valence-electron chi connectivity index (χ2n) is 5.23. The van der Waals surface area contributed by atoms with Crippen LogP contribution in [0.3, 0.4) is 0 Å². The third-order valence-corrected chi connectivity index (χ3v) is 3.51. The van der Waals surface area contributed by atoms with Gasteiger partial charge in [0, 0.05) is 12.1 Å². The Hall–Kier alpha value is -1.92. The summed E-state index contributed by atoms with van der Waals surface area (Å²) in [6.45, 7) is 1.78. The summed E-state index contributed by atoms with van der Waals surface area (Å²) in [6.07, 6.45) is 0.839. The van der Waals surface area contributed by atoms with Gasteiger partial charge in [-0.3, -0.25) is 9.59 Å². The number of esters is 1. The molecule has 1 aliphatic heterocycles. The molecule has 2 rings (SSSR count). The molecule has 6 heteroatoms. The number of carbonyl (C=O) groups excluding carboxylic acids is 2. The van der Waals surface area contributed by atoms with Gasteiger partial charge in [0.25, 0.3) is 0 Å². The zero-order valence-electron chi connectivity index (χ0n) is 12.3. The van der Waals surface area contributed by atoms with Crippen LogP contribution in [-0.2, 0) is 14.3 Å². The van der Waals surface area contributed by atoms with Gasteiger partial charge in [-0.2, -0.15) is 0 Å². The van der Waals surface area contributed by atoms with Gasteiger partial charge < -0.3 is 10.1 Å². The fraction of sp³-hybridized carbons (Fsp3) is 0.467. The highest BCUT2D eigenvalue weighted by Gasteiger charge is 2.30. The summed E-state index contributed by atoms with van der Waals surface area (Å²) >= 11 is 0. The zero-order valence-corrected chi connectivity index (χ0v) is 12.3. The van der Waals surface area contributed by atoms with Crippen LogP contribution in [0.1, 0.15) is 31.4 Å². The molecule has 0 aliphatic carbocycles. The molecule has 3 unspecified atom stereocenters. The summed E-state index contributed by atoms with van der Waals surface area (Å²) in [7, 11) is 1.34. The van der Waals surface area contributed by atoms with Crippen LogP contribution in [0.4, 0.5) is 0 Å². The van der Waals surface area contributed by atoms with E-state index in [1.54, 1.807) is 6.92 Å². The van der Waals surface area contributed by atoms with Crippen LogP contribution in [0.2, 0.25) is 0 Å². The number of hydrogen-bond donors (Lipinski definition) is 3. The molecule has 1 amide bonds. The van der Waals surface area contributed by atoms with Crippen molar-refractivity contribution in [2.45, 2.75) is 37.9 Å². The average Bonchev–Trinajstić information content (AvgIpc) is 2.97. The summed E-state index contributed by atoms with van der Waals surface area (Å²) in [4.78, 5) is 23.3. The summed E-state index contributed by atoms with van der Waals surface area (Å²) in [5.74, 6) is -0.445. The maximum absolute atomic E-state index is 12.1. The van der Waals surface area contributed by atoms with Crippen molar-refractivity contribution < 1.29 is 14.3 Å². The van der Waals surface area contributed by atoms with Gasteiger partial charge in [-0.1, -0.05) is 30.3 Å². The Kier molecular flexibility index (Phi) is 5.30. The Balaban J connectivity index is 1.83. The van der Waals surface area contributed by atoms with Gasteiger partial charge in [0.1, 0.15) is 6.04 Å². The molecule has 21 heavy (non-hydrogen) atoms. The second kappa shape index (κ2) is 7.19. The lowest BCUT2D eigenvalue weighted by Gasteiger charge is -2.15. The van der Waals surface area contributed by atoms with Gasteiger partial charge >= 0.3 is 5.97 Å². The number of methoxy groups -OCH3 is 1. The minimum absolute atomic E-state index is 0.109. The van der Waals surface area contributed by atoms with Crippen LogP contribution in [-0.4, -0.2) is 31.1 Å². The number of benzene rings is 1. The fourth-order valence-electron chi connectivity index (χ4n) is 2.36. The minimum Gasteiger partial charge on any atom is -0.469 e. The van der Waals surface area contributed by atoms with E-state index in [0.29, 0.717) is 6.42 Å². The molecule has 0 bridgehead atoms. The molecular formula is C15H21N3O3. The zero-order chi connectivity index (χ0) is 15.2. The van der Waals surface area contributed by atoms with Gasteiger partial charge in [0.05, 0.1) is 13.5 Å². The number of ether oxygens (including phenoxy) is 1. The maximum Gasteiger partial charge on any atom is 0.307 e. The Bertz CT molecular complexity index is 492. The molecule has 3 atom stereocenters. The number of hydrogen-bond acceptors (Lipinski definition) is 5. The van der Waals surface area contributed by atoms with E-state index in [-0.39, 0.29) is 36.4 Å². The first-order valence-corrected chi connectivity index (χ1v) is 7.03. The van der Waals surface area contributed by atoms with E-state index in [9.17, 15) is 9.59 Å². The summed E-state index contributed by atoms with van der Waals surface area (Å²) in [5, 5.41) is 2.82. The van der Waals surface area contributed by atoms with Crippen LogP contribution in [0.5, 0.6) is 0 Å². The van der Waals surface area contributed by atoms with Crippen molar-refractivity contribution in [1.82, 2.24) is 16.2 Å². The summed E-state index contributed by atoms with van der Waals surface area (Å²) in [5.41, 5.74) is 7.27. The normalized spacial score (nSPS) is 22.6. The molecule has 1 aliphatic rings. The number of rotatable bonds is 5. The van der Waals surface area contributed by atoms with Crippen molar-refractivity contribution in [1.29, 1.82) is 0 Å². The molecule has 1 aromatic rings. The average molecular weight is 291 g/mol. The molecule has 0 spiro atoms. The van der Waals surface area contributed by atoms with Gasteiger partial charge in [-0.15, -0.1) is 0 Å². The lowest BCUT2D eigenvalue weighted by Crippen LogP contribution is -2.46. The number of nitrogens with one attached hydrogen (secondary N) is 3. The topological polar surface area (TPSA) is 79.5 Å². The molecule has 1 fully saturated rings. The predicted octanol–water partition coefficient (Wildman–Crippen LogP) is 0.662. The highest BCUT2D eigenvalue weighted by molar-refractivity contribution is 5.83. The molecule has 1 heterocycles. The van der Waals surface area contributed by atoms with E-state index in [2.05, 4.69) is 20.9 Å². The van der Waals surface area contributed by atoms with Crippen LogP contribution in [0, 0.1) is 0 Å². The molecule has 0 radical (unpaired) electrons. The smallest absolute Gasteiger partial charge is 0.307 e. The SMILES string of the molecule is COC(=O)CC(C)NC(=O)C1CC(c2ccccc2)NN1. The van der Waals surface area contributed by atoms with E-state index in [4.69, 9.17) is 0 Å². The first kappa shape index (κ1) is 15.5. The Morgan fingerprint density at radius 1 is 1.33 bits per heavy atom. The van der Waals surface area contributed by atoms with Gasteiger partial charge in [-0.05, 0) is 18.9 Å². The van der Waals surface area contributed by atoms with Crippen molar-refractivity contribution in [3.8, 4) is 0 Å². The summed E-state index contributed by atoms with van der Waals surface area (Å²) < 4.78 is 4.58. The van der Waals surface area contributed by atoms with Gasteiger partial charge in [-0.25, -0.2) is 10.9 Å². The molecule has 0 aromatic heterocycles. The van der Waals surface area contributed by atoms with E-state index in [0.717, 1.165) is 5.56 Å². The lowest BCUT2D eigenvalue weighted by atomic mass is 10.0. The van der Waals surface area contributed by atoms with Crippen molar-refractivity contribution >= 4 is 11.9 Å². The molecule has 3 N–H and O–H groups in total. The maximum atomic E-state index is 12.1. The van der Waals surface area contributed by atoms with E-state index >= 15 is 0 Å². The van der Waals surface area contributed by atoms with Crippen molar-refractivity contribution in [2.75, 3.05) is 7.11 Å². The van der Waals surface area contributed by atoms with Crippen LogP contribution in [0.15, 0.2) is 30.3 Å². The lowest BCUT2D eigenvalue weighted by molar-refractivity contribution is -0.141. The Morgan fingerprint density at radius 3 is 2.71 bits per heavy atom. The van der Waals surface area contributed by atoms with Crippen molar-refractivity contribution in [3.05, 3.63) is 35.9 Å². The molecule has 1 saturated heterocycles. The highest BCUT2D eigenvalue weighted by Crippen LogP contribution is 2.21. The monoisotopic (exact) mass is 291 g/mol. The van der Waals surface area contributed by atoms with E-state index < -0.39 is 0 Å². The van der Waals surface area contributed by atoms with E-state index in [1.807, 2.05) is 30.3 Å². The van der Waals surface area contributed by atoms with Crippen molar-refractivity contribution in [3.63, 3.8) is 0 Å². The largest absolute Gasteiger partial charge is 0.469 e. The number of amides is 1. The molecular weight excluding hydrogens is 270 g/mol. The van der Waals surface area contributed by atoms with Crippen LogP contribution in [0.25, 0.3) is 0 Å². The van der Waals surface area contributed by atoms with E-state index in [1.165, 1.54) is 7.11 Å². The molecule has 1 aromatic carbocycles. The van der Waals surface area contributed by atoms with Crippen LogP contribution >= 0.6 is 0 Å². The van der Waals surface area contributed by atoms with Crippen LogP contribution < -0.4 is 16.2 Å². The standard InChI is InChI=1S/C15H21N3O3/c1-10(8-14(19)21-2)16-15(20)13-9-12(17-18-13)11-6-4-3-5-7-11/h3-7,10,12-13,17-18H,8-9H2,1-2H3,(H,16,20). The predicted molar refractivity (Wildman–Crippen MR) is 78.1 cm³/mol. The third-order valence-electron chi connectivity index (χ3n) is 3.51. The number of carbonyl (C=O) groups is 2. The fourth-order valence-corrected chi connectivity index (χ4v) is 2.36. The minimum atomic E-state index is -0.331. The Morgan fingerprint density at radius 2 is 2.05 bits per heavy atom. The quantitative estimate of drug-likeness (QED) is 0.695. The first-order chi connectivity index (χ1) is 10.1. The molecule has 6 nitrogen and oxygen atoms in total. The Labute approximate surface area is 124 Å². The highest BCUT2D eigenvalue weighted by atomic mass is 16.5. The van der Waals surface area contributed by atoms with Gasteiger partial charge in [0.2, 0.25) is 5.91 Å². The summed E-state index contributed by atoms with van der Waals surface area (Å²) in [6, 6.07) is 9.52. The van der Waals surface area contributed by atoms with Gasteiger partial charge in [0.15, 0.2) is 0 Å². The van der Waals surface area contributed by atoms with Crippen molar-refractivity contribution in [2.24, 2.45) is 0 Å². The second-order valence-corrected chi connectivity index (χ2v) is 5.23. The number of hydrazine groups is 1. The third kappa shape index (κ3) is 4.27. The first-order valence-electron chi connectivity index (χ1n) is 7.03. The molecule has 0 saturated carbocycles.